The fourth-order valence-corrected chi connectivity index (χ4v) is 5.59. The van der Waals surface area contributed by atoms with Gasteiger partial charge in [-0.3, -0.25) is 19.1 Å². The lowest BCUT2D eigenvalue weighted by atomic mass is 9.99. The van der Waals surface area contributed by atoms with E-state index in [0.717, 1.165) is 22.3 Å². The Morgan fingerprint density at radius 3 is 2.53 bits per heavy atom. The number of hydrogen-bond acceptors (Lipinski definition) is 6. The summed E-state index contributed by atoms with van der Waals surface area (Å²) in [7, 11) is 0. The van der Waals surface area contributed by atoms with Gasteiger partial charge in [-0.1, -0.05) is 42.5 Å². The predicted molar refractivity (Wildman–Crippen MR) is 159 cm³/mol. The lowest BCUT2D eigenvalue weighted by Gasteiger charge is -2.24. The van der Waals surface area contributed by atoms with Gasteiger partial charge in [0.1, 0.15) is 18.9 Å². The first-order valence-electron chi connectivity index (χ1n) is 13.8. The molecule has 1 unspecified atom stereocenters. The first-order valence-corrected chi connectivity index (χ1v) is 13.8. The topological polar surface area (TPSA) is 136 Å². The highest BCUT2D eigenvalue weighted by atomic mass is 19.1. The Labute approximate surface area is 246 Å². The molecule has 2 aromatic heterocycles. The largest absolute Gasteiger partial charge is 0.364 e. The number of rotatable bonds is 7. The number of fused-ring (bicyclic) bond motifs is 1. The molecule has 11 heteroatoms. The number of nitrogens with zero attached hydrogens (tertiary/aromatic N) is 5. The van der Waals surface area contributed by atoms with Gasteiger partial charge in [-0.05, 0) is 54.7 Å². The molecule has 1 saturated heterocycles. The average molecular weight is 578 g/mol. The van der Waals surface area contributed by atoms with Crippen LogP contribution in [0.3, 0.4) is 0 Å². The van der Waals surface area contributed by atoms with Gasteiger partial charge in [-0.15, -0.1) is 0 Å². The zero-order chi connectivity index (χ0) is 30.1. The van der Waals surface area contributed by atoms with Crippen molar-refractivity contribution in [1.29, 1.82) is 0 Å². The molecular formula is C32H28FN7O3. The predicted octanol–water partition coefficient (Wildman–Crippen LogP) is 4.34. The molecule has 0 spiro atoms. The van der Waals surface area contributed by atoms with Gasteiger partial charge in [0.05, 0.1) is 11.2 Å². The number of benzene rings is 3. The van der Waals surface area contributed by atoms with Crippen LogP contribution in [0, 0.1) is 12.7 Å². The van der Waals surface area contributed by atoms with Crippen LogP contribution < -0.4 is 11.1 Å². The highest BCUT2D eigenvalue weighted by Gasteiger charge is 2.35. The van der Waals surface area contributed by atoms with E-state index >= 15 is 4.39 Å². The van der Waals surface area contributed by atoms with Crippen molar-refractivity contribution >= 4 is 34.3 Å². The van der Waals surface area contributed by atoms with Crippen LogP contribution in [0.5, 0.6) is 0 Å². The van der Waals surface area contributed by atoms with E-state index in [1.807, 2.05) is 37.3 Å². The first-order chi connectivity index (χ1) is 20.8. The Bertz CT molecular complexity index is 1870. The molecule has 1 fully saturated rings. The summed E-state index contributed by atoms with van der Waals surface area (Å²) in [5.41, 5.74) is 9.77. The van der Waals surface area contributed by atoms with Crippen molar-refractivity contribution in [1.82, 2.24) is 24.6 Å². The molecule has 3 N–H and O–H groups in total. The van der Waals surface area contributed by atoms with Crippen LogP contribution in [0.1, 0.15) is 28.9 Å². The van der Waals surface area contributed by atoms with E-state index < -0.39 is 23.7 Å². The van der Waals surface area contributed by atoms with Crippen molar-refractivity contribution in [2.75, 3.05) is 11.9 Å². The molecule has 5 aromatic rings. The fraction of sp³-hybridized carbons (Fsp3) is 0.188. The van der Waals surface area contributed by atoms with Gasteiger partial charge in [0.15, 0.2) is 11.5 Å². The van der Waals surface area contributed by atoms with Gasteiger partial charge in [0, 0.05) is 35.5 Å². The molecule has 1 aliphatic rings. The van der Waals surface area contributed by atoms with Gasteiger partial charge < -0.3 is 16.0 Å². The van der Waals surface area contributed by atoms with Crippen molar-refractivity contribution in [3.05, 3.63) is 96.5 Å². The quantitative estimate of drug-likeness (QED) is 0.295. The van der Waals surface area contributed by atoms with Crippen LogP contribution in [-0.4, -0.2) is 55.0 Å². The molecule has 43 heavy (non-hydrogen) atoms. The summed E-state index contributed by atoms with van der Waals surface area (Å²) in [6.07, 6.45) is 5.77. The summed E-state index contributed by atoms with van der Waals surface area (Å²) < 4.78 is 16.9. The van der Waals surface area contributed by atoms with E-state index in [0.29, 0.717) is 35.9 Å². The molecule has 216 valence electrons. The standard InChI is InChI=1S/C32H28FN7O3/c1-19-6-2-3-7-22(19)23-8-4-9-25(29(23)33)37-32(43)27-10-5-13-39(27)28(41)17-40-26-12-11-20(21-15-35-18-36-16-21)14-24(26)30(38-40)31(34)42/h2-4,6-9,11-12,14-16,18,27H,5,10,13,17H2,1H3,(H2,34,42)(H,37,43). The van der Waals surface area contributed by atoms with Crippen LogP contribution in [0.25, 0.3) is 33.2 Å². The van der Waals surface area contributed by atoms with Crippen molar-refractivity contribution in [2.45, 2.75) is 32.4 Å². The SMILES string of the molecule is Cc1ccccc1-c1cccc(NC(=O)C2CCCN2C(=O)Cn2nc(C(N)=O)c3cc(-c4cncnc4)ccc32)c1F. The van der Waals surface area contributed by atoms with Crippen molar-refractivity contribution in [3.63, 3.8) is 0 Å². The number of nitrogens with one attached hydrogen (secondary N) is 1. The van der Waals surface area contributed by atoms with E-state index in [2.05, 4.69) is 20.4 Å². The zero-order valence-corrected chi connectivity index (χ0v) is 23.3. The van der Waals surface area contributed by atoms with Crippen LogP contribution >= 0.6 is 0 Å². The maximum absolute atomic E-state index is 15.5. The summed E-state index contributed by atoms with van der Waals surface area (Å²) in [4.78, 5) is 48.7. The molecule has 10 nitrogen and oxygen atoms in total. The van der Waals surface area contributed by atoms with Gasteiger partial charge in [-0.25, -0.2) is 14.4 Å². The molecule has 3 amide bonds. The summed E-state index contributed by atoms with van der Waals surface area (Å²) in [5, 5.41) is 7.53. The number of likely N-dealkylation sites (tertiary alicyclic amines) is 1. The minimum atomic E-state index is -0.781. The maximum Gasteiger partial charge on any atom is 0.269 e. The Kier molecular flexibility index (Phi) is 7.37. The molecular weight excluding hydrogens is 549 g/mol. The molecule has 3 aromatic carbocycles. The number of aryl methyl sites for hydroxylation is 1. The number of amides is 3. The molecule has 1 aliphatic heterocycles. The van der Waals surface area contributed by atoms with Crippen LogP contribution in [0.15, 0.2) is 79.4 Å². The summed E-state index contributed by atoms with van der Waals surface area (Å²) in [6, 6.07) is 16.9. The van der Waals surface area contributed by atoms with Crippen molar-refractivity contribution in [3.8, 4) is 22.3 Å². The van der Waals surface area contributed by atoms with Gasteiger partial charge >= 0.3 is 0 Å². The minimum Gasteiger partial charge on any atom is -0.364 e. The number of halogens is 1. The monoisotopic (exact) mass is 577 g/mol. The normalized spacial score (nSPS) is 14.7. The number of hydrogen-bond donors (Lipinski definition) is 2. The number of carbonyl (C=O) groups excluding carboxylic acids is 3. The first kappa shape index (κ1) is 27.7. The van der Waals surface area contributed by atoms with Crippen LogP contribution in [0.2, 0.25) is 0 Å². The van der Waals surface area contributed by atoms with E-state index in [1.54, 1.807) is 36.7 Å². The Balaban J connectivity index is 1.23. The Morgan fingerprint density at radius 2 is 1.77 bits per heavy atom. The number of anilines is 1. The molecule has 3 heterocycles. The lowest BCUT2D eigenvalue weighted by Crippen LogP contribution is -2.44. The zero-order valence-electron chi connectivity index (χ0n) is 23.3. The third kappa shape index (κ3) is 5.32. The second kappa shape index (κ2) is 11.4. The van der Waals surface area contributed by atoms with E-state index in [-0.39, 0.29) is 23.8 Å². The Morgan fingerprint density at radius 1 is 1.00 bits per heavy atom. The van der Waals surface area contributed by atoms with Crippen molar-refractivity contribution in [2.24, 2.45) is 5.73 Å². The highest BCUT2D eigenvalue weighted by molar-refractivity contribution is 6.05. The number of primary amides is 1. The number of carbonyl (C=O) groups is 3. The average Bonchev–Trinajstić information content (AvgIpc) is 3.65. The molecule has 1 atom stereocenters. The molecule has 6 rings (SSSR count). The Hall–Kier alpha value is -5.45. The third-order valence-corrected chi connectivity index (χ3v) is 7.73. The second-order valence-corrected chi connectivity index (χ2v) is 10.4. The van der Waals surface area contributed by atoms with E-state index in [1.165, 1.54) is 22.0 Å². The molecule has 0 saturated carbocycles. The van der Waals surface area contributed by atoms with Gasteiger partial charge in [-0.2, -0.15) is 5.10 Å². The second-order valence-electron chi connectivity index (χ2n) is 10.4. The molecule has 0 radical (unpaired) electrons. The van der Waals surface area contributed by atoms with Gasteiger partial charge in [0.25, 0.3) is 5.91 Å². The maximum atomic E-state index is 15.5. The van der Waals surface area contributed by atoms with Gasteiger partial charge in [0.2, 0.25) is 11.8 Å². The van der Waals surface area contributed by atoms with E-state index in [4.69, 9.17) is 5.73 Å². The summed E-state index contributed by atoms with van der Waals surface area (Å²) >= 11 is 0. The molecule has 0 bridgehead atoms. The van der Waals surface area contributed by atoms with Crippen LogP contribution in [0.4, 0.5) is 10.1 Å². The summed E-state index contributed by atoms with van der Waals surface area (Å²) in [6.45, 7) is 2.05. The smallest absolute Gasteiger partial charge is 0.269 e. The van der Waals surface area contributed by atoms with E-state index in [9.17, 15) is 14.4 Å². The lowest BCUT2D eigenvalue weighted by molar-refractivity contribution is -0.137. The fourth-order valence-electron chi connectivity index (χ4n) is 5.59. The number of aromatic nitrogens is 4. The third-order valence-electron chi connectivity index (χ3n) is 7.73. The summed E-state index contributed by atoms with van der Waals surface area (Å²) in [5.74, 6) is -2.09. The highest BCUT2D eigenvalue weighted by Crippen LogP contribution is 2.31. The number of nitrogens with two attached hydrogens (primary N) is 1. The minimum absolute atomic E-state index is 0.0289. The molecule has 0 aliphatic carbocycles. The van der Waals surface area contributed by atoms with Crippen molar-refractivity contribution < 1.29 is 18.8 Å². The van der Waals surface area contributed by atoms with Crippen LogP contribution in [-0.2, 0) is 16.1 Å².